The zero-order valence-corrected chi connectivity index (χ0v) is 7.76. The fourth-order valence-corrected chi connectivity index (χ4v) is 1.05. The van der Waals surface area contributed by atoms with Crippen molar-refractivity contribution in [3.63, 3.8) is 0 Å². The molecule has 0 aliphatic rings. The average molecular weight is 191 g/mol. The number of aliphatic hydroxyl groups excluding tert-OH is 1. The molecule has 0 aromatic heterocycles. The van der Waals surface area contributed by atoms with Gasteiger partial charge in [-0.25, -0.2) is 0 Å². The van der Waals surface area contributed by atoms with E-state index in [4.69, 9.17) is 5.11 Å². The number of rotatable bonds is 5. The Labute approximate surface area is 83.1 Å². The summed E-state index contributed by atoms with van der Waals surface area (Å²) in [5, 5.41) is 11.3. The monoisotopic (exact) mass is 191 g/mol. The van der Waals surface area contributed by atoms with E-state index in [9.17, 15) is 4.79 Å². The molecule has 2 N–H and O–H groups in total. The largest absolute Gasteiger partial charge is 0.394 e. The van der Waals surface area contributed by atoms with Crippen molar-refractivity contribution in [1.29, 1.82) is 0 Å². The highest BCUT2D eigenvalue weighted by atomic mass is 16.3. The number of carbonyl (C=O) groups excluding carboxylic acids is 1. The van der Waals surface area contributed by atoms with Gasteiger partial charge in [0.15, 0.2) is 0 Å². The van der Waals surface area contributed by atoms with Gasteiger partial charge in [-0.2, -0.15) is 0 Å². The Kier molecular flexibility index (Phi) is 4.44. The maximum absolute atomic E-state index is 10.1. The molecule has 14 heavy (non-hydrogen) atoms. The highest BCUT2D eigenvalue weighted by Crippen LogP contribution is 2.01. The van der Waals surface area contributed by atoms with Gasteiger partial charge >= 0.3 is 0 Å². The lowest BCUT2D eigenvalue weighted by Crippen LogP contribution is -2.28. The topological polar surface area (TPSA) is 49.3 Å². The number of amides is 1. The van der Waals surface area contributed by atoms with Gasteiger partial charge in [-0.3, -0.25) is 4.79 Å². The van der Waals surface area contributed by atoms with E-state index in [0.29, 0.717) is 6.41 Å². The van der Waals surface area contributed by atoms with Crippen LogP contribution in [0.4, 0.5) is 0 Å². The normalized spacial score (nSPS) is 12.6. The fraction of sp³-hybridized carbons (Fsp3) is 0.182. The Morgan fingerprint density at radius 1 is 1.36 bits per heavy atom. The summed E-state index contributed by atoms with van der Waals surface area (Å²) < 4.78 is 0. The lowest BCUT2D eigenvalue weighted by Gasteiger charge is -2.06. The van der Waals surface area contributed by atoms with Gasteiger partial charge in [0.1, 0.15) is 0 Å². The van der Waals surface area contributed by atoms with Crippen LogP contribution < -0.4 is 5.32 Å². The highest BCUT2D eigenvalue weighted by molar-refractivity contribution is 5.52. The molecule has 1 unspecified atom stereocenters. The molecule has 0 spiro atoms. The standard InChI is InChI=1S/C11H13NO2/c13-8-11(12-9-14)7-6-10-4-2-1-3-5-10/h1-7,9,11,13H,8H2,(H,12,14)/b7-6+. The van der Waals surface area contributed by atoms with Crippen LogP contribution in [0, 0.1) is 0 Å². The first kappa shape index (κ1) is 10.5. The summed E-state index contributed by atoms with van der Waals surface area (Å²) in [4.78, 5) is 10.1. The second-order valence-corrected chi connectivity index (χ2v) is 2.84. The highest BCUT2D eigenvalue weighted by Gasteiger charge is 1.98. The first-order valence-corrected chi connectivity index (χ1v) is 4.40. The van der Waals surface area contributed by atoms with Crippen molar-refractivity contribution in [3.05, 3.63) is 42.0 Å². The molecule has 0 heterocycles. The van der Waals surface area contributed by atoms with Gasteiger partial charge < -0.3 is 10.4 Å². The number of aliphatic hydroxyl groups is 1. The Morgan fingerprint density at radius 2 is 2.07 bits per heavy atom. The van der Waals surface area contributed by atoms with Crippen molar-refractivity contribution >= 4 is 12.5 Å². The molecule has 1 rings (SSSR count). The summed E-state index contributed by atoms with van der Waals surface area (Å²) >= 11 is 0. The maximum Gasteiger partial charge on any atom is 0.207 e. The molecule has 0 fully saturated rings. The zero-order chi connectivity index (χ0) is 10.2. The Bertz CT molecular complexity index is 295. The molecule has 3 nitrogen and oxygen atoms in total. The van der Waals surface area contributed by atoms with E-state index in [1.807, 2.05) is 36.4 Å². The summed E-state index contributed by atoms with van der Waals surface area (Å²) in [5.74, 6) is 0. The third-order valence-electron chi connectivity index (χ3n) is 1.80. The molecule has 0 aliphatic carbocycles. The van der Waals surface area contributed by atoms with Crippen LogP contribution in [0.25, 0.3) is 6.08 Å². The van der Waals surface area contributed by atoms with E-state index in [1.54, 1.807) is 6.08 Å². The Morgan fingerprint density at radius 3 is 2.64 bits per heavy atom. The van der Waals surface area contributed by atoms with Crippen molar-refractivity contribution in [1.82, 2.24) is 5.32 Å². The third-order valence-corrected chi connectivity index (χ3v) is 1.80. The van der Waals surface area contributed by atoms with Crippen LogP contribution in [0.1, 0.15) is 5.56 Å². The predicted molar refractivity (Wildman–Crippen MR) is 55.5 cm³/mol. The van der Waals surface area contributed by atoms with Crippen molar-refractivity contribution < 1.29 is 9.90 Å². The van der Waals surface area contributed by atoms with Crippen LogP contribution in [-0.2, 0) is 4.79 Å². The minimum atomic E-state index is -0.312. The predicted octanol–water partition coefficient (Wildman–Crippen LogP) is 0.807. The van der Waals surface area contributed by atoms with Crippen LogP contribution in [0.5, 0.6) is 0 Å². The summed E-state index contributed by atoms with van der Waals surface area (Å²) in [7, 11) is 0. The zero-order valence-electron chi connectivity index (χ0n) is 7.76. The first-order valence-electron chi connectivity index (χ1n) is 4.40. The van der Waals surface area contributed by atoms with Crippen molar-refractivity contribution in [2.45, 2.75) is 6.04 Å². The molecular formula is C11H13NO2. The first-order chi connectivity index (χ1) is 6.86. The number of carbonyl (C=O) groups is 1. The lowest BCUT2D eigenvalue weighted by atomic mass is 10.2. The average Bonchev–Trinajstić information content (AvgIpc) is 2.25. The second kappa shape index (κ2) is 5.94. The second-order valence-electron chi connectivity index (χ2n) is 2.84. The summed E-state index contributed by atoms with van der Waals surface area (Å²) in [5.41, 5.74) is 1.04. The minimum Gasteiger partial charge on any atom is -0.394 e. The van der Waals surface area contributed by atoms with Gasteiger partial charge in [0, 0.05) is 0 Å². The van der Waals surface area contributed by atoms with Crippen LogP contribution >= 0.6 is 0 Å². The van der Waals surface area contributed by atoms with Gasteiger partial charge in [0.2, 0.25) is 6.41 Å². The number of nitrogens with one attached hydrogen (secondary N) is 1. The SMILES string of the molecule is O=CNC(/C=C/c1ccccc1)CO. The van der Waals surface area contributed by atoms with Crippen LogP contribution in [0.2, 0.25) is 0 Å². The van der Waals surface area contributed by atoms with E-state index in [1.165, 1.54) is 0 Å². The Hall–Kier alpha value is -1.61. The molecule has 3 heteroatoms. The molecule has 1 atom stereocenters. The number of hydrogen-bond donors (Lipinski definition) is 2. The van der Waals surface area contributed by atoms with E-state index in [-0.39, 0.29) is 12.6 Å². The van der Waals surface area contributed by atoms with Crippen molar-refractivity contribution in [3.8, 4) is 0 Å². The molecular weight excluding hydrogens is 178 g/mol. The summed E-state index contributed by atoms with van der Waals surface area (Å²) in [6, 6.07) is 9.39. The lowest BCUT2D eigenvalue weighted by molar-refractivity contribution is -0.110. The van der Waals surface area contributed by atoms with Crippen LogP contribution in [0.15, 0.2) is 36.4 Å². The summed E-state index contributed by atoms with van der Waals surface area (Å²) in [6.45, 7) is -0.0952. The van der Waals surface area contributed by atoms with Gasteiger partial charge in [0.25, 0.3) is 0 Å². The molecule has 0 bridgehead atoms. The summed E-state index contributed by atoms with van der Waals surface area (Å²) in [6.07, 6.45) is 4.19. The van der Waals surface area contributed by atoms with Crippen LogP contribution in [0.3, 0.4) is 0 Å². The minimum absolute atomic E-state index is 0.0952. The van der Waals surface area contributed by atoms with E-state index in [2.05, 4.69) is 5.32 Å². The van der Waals surface area contributed by atoms with Gasteiger partial charge in [-0.05, 0) is 5.56 Å². The molecule has 0 radical (unpaired) electrons. The molecule has 1 amide bonds. The van der Waals surface area contributed by atoms with Gasteiger partial charge in [-0.1, -0.05) is 42.5 Å². The molecule has 74 valence electrons. The number of hydrogen-bond acceptors (Lipinski definition) is 2. The molecule has 1 aromatic rings. The molecule has 1 aromatic carbocycles. The van der Waals surface area contributed by atoms with E-state index >= 15 is 0 Å². The molecule has 0 saturated carbocycles. The van der Waals surface area contributed by atoms with Crippen molar-refractivity contribution in [2.75, 3.05) is 6.61 Å². The van der Waals surface area contributed by atoms with Gasteiger partial charge in [0.05, 0.1) is 12.6 Å². The quantitative estimate of drug-likeness (QED) is 0.676. The molecule has 0 aliphatic heterocycles. The van der Waals surface area contributed by atoms with Gasteiger partial charge in [-0.15, -0.1) is 0 Å². The molecule has 0 saturated heterocycles. The van der Waals surface area contributed by atoms with E-state index in [0.717, 1.165) is 5.56 Å². The smallest absolute Gasteiger partial charge is 0.207 e. The Balaban J connectivity index is 2.57. The van der Waals surface area contributed by atoms with Crippen molar-refractivity contribution in [2.24, 2.45) is 0 Å². The number of benzene rings is 1. The van der Waals surface area contributed by atoms with Crippen LogP contribution in [-0.4, -0.2) is 24.2 Å². The maximum atomic E-state index is 10.1. The third kappa shape index (κ3) is 3.41. The van der Waals surface area contributed by atoms with E-state index < -0.39 is 0 Å². The fourth-order valence-electron chi connectivity index (χ4n) is 1.05.